The van der Waals surface area contributed by atoms with Crippen LogP contribution in [-0.4, -0.2) is 31.2 Å². The third-order valence-electron chi connectivity index (χ3n) is 2.64. The van der Waals surface area contributed by atoms with E-state index in [1.807, 2.05) is 12.1 Å². The van der Waals surface area contributed by atoms with Gasteiger partial charge in [0.05, 0.1) is 0 Å². The van der Waals surface area contributed by atoms with Gasteiger partial charge in [0, 0.05) is 17.6 Å². The Balaban J connectivity index is 1.88. The van der Waals surface area contributed by atoms with E-state index in [-0.39, 0.29) is 5.91 Å². The van der Waals surface area contributed by atoms with Crippen molar-refractivity contribution in [2.75, 3.05) is 0 Å². The van der Waals surface area contributed by atoms with Gasteiger partial charge in [0.2, 0.25) is 0 Å². The Kier molecular flexibility index (Phi) is 3.08. The van der Waals surface area contributed by atoms with E-state index in [0.717, 1.165) is 5.56 Å². The second-order valence-corrected chi connectivity index (χ2v) is 5.45. The Morgan fingerprint density at radius 3 is 2.68 bits per heavy atom. The molecule has 3 rings (SSSR count). The first kappa shape index (κ1) is 12.3. The summed E-state index contributed by atoms with van der Waals surface area (Å²) in [6.45, 7) is 0. The highest BCUT2D eigenvalue weighted by atomic mass is 35.5. The fourth-order valence-electron chi connectivity index (χ4n) is 1.69. The number of aliphatic imine (C=N–C) groups is 1. The molecule has 2 aromatic rings. The lowest BCUT2D eigenvalue weighted by Gasteiger charge is -2.04. The summed E-state index contributed by atoms with van der Waals surface area (Å²) in [5.41, 5.74) is 0.861. The summed E-state index contributed by atoms with van der Waals surface area (Å²) in [5, 5.41) is 11.9. The predicted octanol–water partition coefficient (Wildman–Crippen LogP) is 1.62. The topological polar surface area (TPSA) is 73.0 Å². The van der Waals surface area contributed by atoms with Crippen LogP contribution in [0.25, 0.3) is 0 Å². The summed E-state index contributed by atoms with van der Waals surface area (Å²) in [5.74, 6) is 0.260. The van der Waals surface area contributed by atoms with Crippen LogP contribution in [0.2, 0.25) is 5.02 Å². The molecule has 2 heterocycles. The first-order valence-corrected chi connectivity index (χ1v) is 6.68. The van der Waals surface area contributed by atoms with E-state index in [1.165, 1.54) is 16.4 Å². The van der Waals surface area contributed by atoms with Gasteiger partial charge in [-0.25, -0.2) is 9.67 Å². The SMILES string of the molecule is Cn1nnnc1C1SC(c2ccc(Cl)cc2)=NC1=O. The smallest absolute Gasteiger partial charge is 0.268 e. The van der Waals surface area contributed by atoms with Gasteiger partial charge in [-0.3, -0.25) is 4.79 Å². The van der Waals surface area contributed by atoms with Crippen molar-refractivity contribution >= 4 is 34.3 Å². The number of carbonyl (C=O) groups is 1. The van der Waals surface area contributed by atoms with E-state index in [0.29, 0.717) is 15.9 Å². The number of tetrazole rings is 1. The van der Waals surface area contributed by atoms with Crippen LogP contribution in [0, 0.1) is 0 Å². The molecule has 0 spiro atoms. The van der Waals surface area contributed by atoms with E-state index in [2.05, 4.69) is 20.5 Å². The number of benzene rings is 1. The molecule has 0 aliphatic carbocycles. The van der Waals surface area contributed by atoms with Gasteiger partial charge in [0.1, 0.15) is 5.04 Å². The van der Waals surface area contributed by atoms with E-state index in [9.17, 15) is 4.79 Å². The van der Waals surface area contributed by atoms with Gasteiger partial charge in [-0.2, -0.15) is 0 Å². The highest BCUT2D eigenvalue weighted by Crippen LogP contribution is 2.37. The molecule has 1 unspecified atom stereocenters. The maximum atomic E-state index is 11.9. The number of aryl methyl sites for hydroxylation is 1. The molecule has 1 aliphatic rings. The van der Waals surface area contributed by atoms with Crippen LogP contribution in [0.1, 0.15) is 16.6 Å². The Morgan fingerprint density at radius 1 is 1.32 bits per heavy atom. The van der Waals surface area contributed by atoms with Crippen molar-refractivity contribution in [1.29, 1.82) is 0 Å². The molecule has 0 saturated carbocycles. The molecule has 0 bridgehead atoms. The molecule has 0 radical (unpaired) electrons. The summed E-state index contributed by atoms with van der Waals surface area (Å²) in [6, 6.07) is 7.20. The van der Waals surface area contributed by atoms with Gasteiger partial charge in [0.15, 0.2) is 11.1 Å². The molecule has 0 fully saturated rings. The summed E-state index contributed by atoms with van der Waals surface area (Å²) >= 11 is 7.18. The molecule has 0 N–H and O–H groups in total. The van der Waals surface area contributed by atoms with Crippen molar-refractivity contribution in [3.8, 4) is 0 Å². The lowest BCUT2D eigenvalue weighted by atomic mass is 10.2. The summed E-state index contributed by atoms with van der Waals surface area (Å²) < 4.78 is 1.48. The minimum atomic E-state index is -0.481. The second-order valence-electron chi connectivity index (χ2n) is 3.92. The zero-order valence-electron chi connectivity index (χ0n) is 9.82. The standard InChI is InChI=1S/C11H8ClN5OS/c1-17-9(14-15-16-17)8-10(18)13-11(19-8)6-2-4-7(12)5-3-6/h2-5,8H,1H3. The van der Waals surface area contributed by atoms with E-state index in [4.69, 9.17) is 11.6 Å². The third-order valence-corrected chi connectivity index (χ3v) is 4.09. The van der Waals surface area contributed by atoms with Crippen molar-refractivity contribution < 1.29 is 4.79 Å². The van der Waals surface area contributed by atoms with Crippen LogP contribution in [-0.2, 0) is 11.8 Å². The molecular weight excluding hydrogens is 286 g/mol. The molecule has 96 valence electrons. The van der Waals surface area contributed by atoms with Gasteiger partial charge in [-0.15, -0.1) is 5.10 Å². The molecule has 6 nitrogen and oxygen atoms in total. The number of hydrogen-bond donors (Lipinski definition) is 0. The Hall–Kier alpha value is -1.73. The number of rotatable bonds is 2. The molecule has 1 aliphatic heterocycles. The Morgan fingerprint density at radius 2 is 2.05 bits per heavy atom. The minimum absolute atomic E-state index is 0.243. The lowest BCUT2D eigenvalue weighted by Crippen LogP contribution is -2.09. The van der Waals surface area contributed by atoms with Crippen molar-refractivity contribution in [1.82, 2.24) is 20.2 Å². The highest BCUT2D eigenvalue weighted by Gasteiger charge is 2.34. The molecule has 1 amide bonds. The van der Waals surface area contributed by atoms with E-state index < -0.39 is 5.25 Å². The minimum Gasteiger partial charge on any atom is -0.271 e. The fourth-order valence-corrected chi connectivity index (χ4v) is 2.92. The predicted molar refractivity (Wildman–Crippen MR) is 72.1 cm³/mol. The average Bonchev–Trinajstić information content (AvgIpc) is 2.96. The number of thioether (sulfide) groups is 1. The molecule has 0 saturated heterocycles. The molecule has 1 atom stereocenters. The van der Waals surface area contributed by atoms with Crippen molar-refractivity contribution in [3.63, 3.8) is 0 Å². The normalized spacial score (nSPS) is 18.7. The molecule has 19 heavy (non-hydrogen) atoms. The molecule has 1 aromatic heterocycles. The number of carbonyl (C=O) groups excluding carboxylic acids is 1. The zero-order valence-corrected chi connectivity index (χ0v) is 11.4. The number of nitrogens with zero attached hydrogens (tertiary/aromatic N) is 5. The van der Waals surface area contributed by atoms with Crippen molar-refractivity contribution in [3.05, 3.63) is 40.7 Å². The summed E-state index contributed by atoms with van der Waals surface area (Å²) in [6.07, 6.45) is 0. The van der Waals surface area contributed by atoms with E-state index in [1.54, 1.807) is 19.2 Å². The third kappa shape index (κ3) is 2.26. The number of halogens is 1. The largest absolute Gasteiger partial charge is 0.271 e. The number of amides is 1. The van der Waals surface area contributed by atoms with E-state index >= 15 is 0 Å². The van der Waals surface area contributed by atoms with Crippen molar-refractivity contribution in [2.24, 2.45) is 12.0 Å². The molecule has 1 aromatic carbocycles. The zero-order chi connectivity index (χ0) is 13.4. The monoisotopic (exact) mass is 293 g/mol. The van der Waals surface area contributed by atoms with Crippen molar-refractivity contribution in [2.45, 2.75) is 5.25 Å². The van der Waals surface area contributed by atoms with Crippen LogP contribution in [0.15, 0.2) is 29.3 Å². The van der Waals surface area contributed by atoms with Crippen LogP contribution in [0.5, 0.6) is 0 Å². The first-order valence-electron chi connectivity index (χ1n) is 5.42. The van der Waals surface area contributed by atoms with Crippen LogP contribution >= 0.6 is 23.4 Å². The first-order chi connectivity index (χ1) is 9.15. The molecular formula is C11H8ClN5OS. The fraction of sp³-hybridized carbons (Fsp3) is 0.182. The van der Waals surface area contributed by atoms with Gasteiger partial charge in [0.25, 0.3) is 5.91 Å². The average molecular weight is 294 g/mol. The van der Waals surface area contributed by atoms with Crippen LogP contribution < -0.4 is 0 Å². The summed E-state index contributed by atoms with van der Waals surface area (Å²) in [4.78, 5) is 16.0. The van der Waals surface area contributed by atoms with Gasteiger partial charge in [-0.1, -0.05) is 35.5 Å². The number of hydrogen-bond acceptors (Lipinski definition) is 5. The maximum Gasteiger partial charge on any atom is 0.268 e. The van der Waals surface area contributed by atoms with Gasteiger partial charge in [-0.05, 0) is 22.6 Å². The Bertz CT molecular complexity index is 666. The second kappa shape index (κ2) is 4.75. The quantitative estimate of drug-likeness (QED) is 0.841. The Labute approximate surface area is 117 Å². The molecule has 8 heteroatoms. The maximum absolute atomic E-state index is 11.9. The summed E-state index contributed by atoms with van der Waals surface area (Å²) in [7, 11) is 1.70. The highest BCUT2D eigenvalue weighted by molar-refractivity contribution is 8.15. The van der Waals surface area contributed by atoms with Crippen LogP contribution in [0.4, 0.5) is 0 Å². The van der Waals surface area contributed by atoms with Gasteiger partial charge >= 0.3 is 0 Å². The van der Waals surface area contributed by atoms with Crippen LogP contribution in [0.3, 0.4) is 0 Å². The van der Waals surface area contributed by atoms with Gasteiger partial charge < -0.3 is 0 Å². The number of aromatic nitrogens is 4. The lowest BCUT2D eigenvalue weighted by molar-refractivity contribution is -0.117.